The van der Waals surface area contributed by atoms with E-state index >= 15 is 0 Å². The molecule has 9 heteroatoms. The van der Waals surface area contributed by atoms with Crippen LogP contribution in [0.1, 0.15) is 12.5 Å². The highest BCUT2D eigenvalue weighted by molar-refractivity contribution is 7.98. The number of hydrogen-bond acceptors (Lipinski definition) is 6. The average Bonchev–Trinajstić information content (AvgIpc) is 3.02. The lowest BCUT2D eigenvalue weighted by molar-refractivity contribution is -0.117. The number of carbonyl (C=O) groups is 2. The highest BCUT2D eigenvalue weighted by atomic mass is 32.2. The number of nitrogens with zero attached hydrogens (tertiary/aromatic N) is 3. The summed E-state index contributed by atoms with van der Waals surface area (Å²) in [4.78, 5) is 23.5. The number of rotatable bonds is 7. The minimum atomic E-state index is -0.250. The Morgan fingerprint density at radius 1 is 1.00 bits per heavy atom. The summed E-state index contributed by atoms with van der Waals surface area (Å²) in [5.74, 6) is 0.484. The first-order valence-corrected chi connectivity index (χ1v) is 9.53. The van der Waals surface area contributed by atoms with Gasteiger partial charge < -0.3 is 16.4 Å². The SMILES string of the molecule is CC(=O)Nc1ccc(NC(=O)Cn2c(N)nnc2SCc2ccccc2)cc1. The summed E-state index contributed by atoms with van der Waals surface area (Å²) in [6, 6.07) is 16.8. The number of nitrogen functional groups attached to an aromatic ring is 1. The molecule has 0 atom stereocenters. The Hall–Kier alpha value is -3.33. The number of benzene rings is 2. The topological polar surface area (TPSA) is 115 Å². The number of anilines is 3. The Kier molecular flexibility index (Phi) is 6.28. The van der Waals surface area contributed by atoms with Crippen LogP contribution in [0.4, 0.5) is 17.3 Å². The number of nitrogens with one attached hydrogen (secondary N) is 2. The van der Waals surface area contributed by atoms with Crippen molar-refractivity contribution in [2.75, 3.05) is 16.4 Å². The first kappa shape index (κ1) is 19.4. The molecule has 0 unspecified atom stereocenters. The summed E-state index contributed by atoms with van der Waals surface area (Å²) in [5.41, 5.74) is 8.29. The first-order chi connectivity index (χ1) is 13.5. The lowest BCUT2D eigenvalue weighted by Crippen LogP contribution is -2.20. The third-order valence-electron chi connectivity index (χ3n) is 3.75. The van der Waals surface area contributed by atoms with E-state index in [0.29, 0.717) is 22.3 Å². The zero-order chi connectivity index (χ0) is 19.9. The van der Waals surface area contributed by atoms with Crippen LogP contribution in [0, 0.1) is 0 Å². The summed E-state index contributed by atoms with van der Waals surface area (Å²) in [5, 5.41) is 14.0. The Balaban J connectivity index is 1.60. The van der Waals surface area contributed by atoms with Crippen LogP contribution in [0.2, 0.25) is 0 Å². The maximum absolute atomic E-state index is 12.4. The van der Waals surface area contributed by atoms with E-state index in [-0.39, 0.29) is 24.3 Å². The minimum absolute atomic E-state index is 0.00338. The molecular weight excluding hydrogens is 376 g/mol. The summed E-state index contributed by atoms with van der Waals surface area (Å²) < 4.78 is 1.58. The molecule has 3 rings (SSSR count). The summed E-state index contributed by atoms with van der Waals surface area (Å²) >= 11 is 1.47. The van der Waals surface area contributed by atoms with Gasteiger partial charge in [0.1, 0.15) is 6.54 Å². The second kappa shape index (κ2) is 9.05. The molecule has 3 aromatic rings. The van der Waals surface area contributed by atoms with E-state index in [1.54, 1.807) is 28.8 Å². The Morgan fingerprint density at radius 2 is 1.64 bits per heavy atom. The van der Waals surface area contributed by atoms with E-state index < -0.39 is 0 Å². The second-order valence-corrected chi connectivity index (χ2v) is 6.95. The van der Waals surface area contributed by atoms with Gasteiger partial charge in [0.05, 0.1) is 0 Å². The molecule has 144 valence electrons. The number of nitrogens with two attached hydrogens (primary N) is 1. The van der Waals surface area contributed by atoms with E-state index in [2.05, 4.69) is 20.8 Å². The molecule has 2 aromatic carbocycles. The van der Waals surface area contributed by atoms with E-state index in [0.717, 1.165) is 5.56 Å². The Morgan fingerprint density at radius 3 is 2.29 bits per heavy atom. The van der Waals surface area contributed by atoms with Crippen molar-refractivity contribution < 1.29 is 9.59 Å². The molecule has 0 radical (unpaired) electrons. The van der Waals surface area contributed by atoms with Crippen molar-refractivity contribution >= 4 is 40.9 Å². The van der Waals surface area contributed by atoms with Crippen molar-refractivity contribution in [1.29, 1.82) is 0 Å². The third-order valence-corrected chi connectivity index (χ3v) is 4.78. The molecule has 1 aromatic heterocycles. The Bertz CT molecular complexity index is 956. The molecule has 0 saturated heterocycles. The van der Waals surface area contributed by atoms with Crippen LogP contribution < -0.4 is 16.4 Å². The van der Waals surface area contributed by atoms with Gasteiger partial charge in [-0.15, -0.1) is 10.2 Å². The van der Waals surface area contributed by atoms with Gasteiger partial charge in [-0.2, -0.15) is 0 Å². The van der Waals surface area contributed by atoms with Crippen LogP contribution in [0.5, 0.6) is 0 Å². The fraction of sp³-hybridized carbons (Fsp3) is 0.158. The molecule has 0 bridgehead atoms. The average molecular weight is 396 g/mol. The molecule has 0 saturated carbocycles. The first-order valence-electron chi connectivity index (χ1n) is 8.54. The maximum atomic E-state index is 12.4. The van der Waals surface area contributed by atoms with Crippen molar-refractivity contribution in [3.05, 3.63) is 60.2 Å². The number of amides is 2. The summed E-state index contributed by atoms with van der Waals surface area (Å²) in [6.07, 6.45) is 0. The normalized spacial score (nSPS) is 10.5. The van der Waals surface area contributed by atoms with Crippen LogP contribution in [0.3, 0.4) is 0 Å². The molecular formula is C19H20N6O2S. The number of thioether (sulfide) groups is 1. The van der Waals surface area contributed by atoms with Crippen LogP contribution in [0.25, 0.3) is 0 Å². The lowest BCUT2D eigenvalue weighted by atomic mass is 10.2. The second-order valence-electron chi connectivity index (χ2n) is 6.01. The van der Waals surface area contributed by atoms with Gasteiger partial charge in [0.25, 0.3) is 0 Å². The van der Waals surface area contributed by atoms with Gasteiger partial charge in [-0.3, -0.25) is 14.2 Å². The van der Waals surface area contributed by atoms with Crippen molar-refractivity contribution in [2.24, 2.45) is 0 Å². The number of aromatic nitrogens is 3. The molecule has 0 aliphatic carbocycles. The van der Waals surface area contributed by atoms with E-state index in [1.165, 1.54) is 18.7 Å². The fourth-order valence-corrected chi connectivity index (χ4v) is 3.36. The van der Waals surface area contributed by atoms with Crippen LogP contribution in [-0.2, 0) is 21.9 Å². The smallest absolute Gasteiger partial charge is 0.244 e. The zero-order valence-corrected chi connectivity index (χ0v) is 16.1. The zero-order valence-electron chi connectivity index (χ0n) is 15.3. The van der Waals surface area contributed by atoms with Crippen LogP contribution >= 0.6 is 11.8 Å². The minimum Gasteiger partial charge on any atom is -0.368 e. The van der Waals surface area contributed by atoms with E-state index in [1.807, 2.05) is 30.3 Å². The van der Waals surface area contributed by atoms with E-state index in [4.69, 9.17) is 5.73 Å². The number of hydrogen-bond donors (Lipinski definition) is 3. The predicted molar refractivity (Wildman–Crippen MR) is 110 cm³/mol. The highest BCUT2D eigenvalue weighted by Crippen LogP contribution is 2.22. The van der Waals surface area contributed by atoms with Crippen molar-refractivity contribution in [2.45, 2.75) is 24.4 Å². The maximum Gasteiger partial charge on any atom is 0.244 e. The standard InChI is InChI=1S/C19H20N6O2S/c1-13(26)21-15-7-9-16(10-8-15)22-17(27)11-25-18(20)23-24-19(25)28-12-14-5-3-2-4-6-14/h2-10H,11-12H2,1H3,(H2,20,23)(H,21,26)(H,22,27). The Labute approximate surface area is 166 Å². The molecule has 0 spiro atoms. The largest absolute Gasteiger partial charge is 0.368 e. The molecule has 4 N–H and O–H groups in total. The van der Waals surface area contributed by atoms with Gasteiger partial charge in [-0.05, 0) is 29.8 Å². The van der Waals surface area contributed by atoms with Gasteiger partial charge in [-0.1, -0.05) is 42.1 Å². The third kappa shape index (κ3) is 5.34. The van der Waals surface area contributed by atoms with Gasteiger partial charge >= 0.3 is 0 Å². The molecule has 0 aliphatic rings. The lowest BCUT2D eigenvalue weighted by Gasteiger charge is -2.10. The molecule has 8 nitrogen and oxygen atoms in total. The van der Waals surface area contributed by atoms with Crippen LogP contribution in [-0.4, -0.2) is 26.6 Å². The predicted octanol–water partition coefficient (Wildman–Crippen LogP) is 2.75. The summed E-state index contributed by atoms with van der Waals surface area (Å²) in [6.45, 7) is 1.44. The van der Waals surface area contributed by atoms with Gasteiger partial charge in [-0.25, -0.2) is 0 Å². The van der Waals surface area contributed by atoms with Gasteiger partial charge in [0.2, 0.25) is 17.8 Å². The molecule has 0 aliphatic heterocycles. The van der Waals surface area contributed by atoms with Gasteiger partial charge in [0.15, 0.2) is 5.16 Å². The fourth-order valence-electron chi connectivity index (χ4n) is 2.46. The molecule has 28 heavy (non-hydrogen) atoms. The van der Waals surface area contributed by atoms with Crippen molar-refractivity contribution in [3.8, 4) is 0 Å². The monoisotopic (exact) mass is 396 g/mol. The van der Waals surface area contributed by atoms with Crippen LogP contribution in [0.15, 0.2) is 59.8 Å². The number of carbonyl (C=O) groups excluding carboxylic acids is 2. The molecule has 1 heterocycles. The highest BCUT2D eigenvalue weighted by Gasteiger charge is 2.14. The summed E-state index contributed by atoms with van der Waals surface area (Å²) in [7, 11) is 0. The van der Waals surface area contributed by atoms with Crippen molar-refractivity contribution in [3.63, 3.8) is 0 Å². The van der Waals surface area contributed by atoms with Crippen molar-refractivity contribution in [1.82, 2.24) is 14.8 Å². The quantitative estimate of drug-likeness (QED) is 0.529. The molecule has 2 amide bonds. The van der Waals surface area contributed by atoms with E-state index in [9.17, 15) is 9.59 Å². The molecule has 0 fully saturated rings. The van der Waals surface area contributed by atoms with Gasteiger partial charge in [0, 0.05) is 24.1 Å².